The number of ether oxygens (including phenoxy) is 1. The van der Waals surface area contributed by atoms with Crippen molar-refractivity contribution in [3.05, 3.63) is 42.0 Å². The van der Waals surface area contributed by atoms with E-state index < -0.39 is 0 Å². The number of unbranched alkanes of at least 4 members (excludes halogenated alkanes) is 2. The van der Waals surface area contributed by atoms with Gasteiger partial charge in [0.2, 0.25) is 0 Å². The van der Waals surface area contributed by atoms with E-state index in [1.54, 1.807) is 18.2 Å². The fourth-order valence-electron chi connectivity index (χ4n) is 1.39. The van der Waals surface area contributed by atoms with Crippen molar-refractivity contribution >= 4 is 12.0 Å². The van der Waals surface area contributed by atoms with Crippen molar-refractivity contribution in [2.24, 2.45) is 0 Å². The van der Waals surface area contributed by atoms with Crippen LogP contribution in [-0.4, -0.2) is 24.3 Å². The maximum absolute atomic E-state index is 11.6. The van der Waals surface area contributed by atoms with Gasteiger partial charge in [-0.15, -0.1) is 0 Å². The standard InChI is InChI=1S/C14H18O3/c1-2-12-6-8-13(9-7-12)14(16)17-11-5-3-4-10-15/h2,6-9,15H,1,3-5,10-11H2. The largest absolute Gasteiger partial charge is 0.462 e. The van der Waals surface area contributed by atoms with Gasteiger partial charge < -0.3 is 9.84 Å². The summed E-state index contributed by atoms with van der Waals surface area (Å²) in [6.07, 6.45) is 4.14. The highest BCUT2D eigenvalue weighted by Crippen LogP contribution is 2.07. The van der Waals surface area contributed by atoms with Crippen LogP contribution in [0.25, 0.3) is 6.08 Å². The minimum absolute atomic E-state index is 0.191. The van der Waals surface area contributed by atoms with E-state index in [0.29, 0.717) is 12.2 Å². The molecular weight excluding hydrogens is 216 g/mol. The van der Waals surface area contributed by atoms with Crippen molar-refractivity contribution in [1.82, 2.24) is 0 Å². The number of aliphatic hydroxyl groups is 1. The molecule has 0 heterocycles. The maximum atomic E-state index is 11.6. The van der Waals surface area contributed by atoms with Crippen LogP contribution in [0.5, 0.6) is 0 Å². The number of benzene rings is 1. The molecule has 92 valence electrons. The molecule has 0 aliphatic rings. The van der Waals surface area contributed by atoms with Gasteiger partial charge in [-0.1, -0.05) is 24.8 Å². The van der Waals surface area contributed by atoms with Crippen LogP contribution >= 0.6 is 0 Å². The molecule has 0 fully saturated rings. The van der Waals surface area contributed by atoms with Crippen LogP contribution in [0.3, 0.4) is 0 Å². The number of hydrogen-bond donors (Lipinski definition) is 1. The summed E-state index contributed by atoms with van der Waals surface area (Å²) in [7, 11) is 0. The summed E-state index contributed by atoms with van der Waals surface area (Å²) >= 11 is 0. The Morgan fingerprint density at radius 2 is 1.94 bits per heavy atom. The molecule has 1 aromatic carbocycles. The Morgan fingerprint density at radius 3 is 2.53 bits per heavy atom. The minimum Gasteiger partial charge on any atom is -0.462 e. The predicted octanol–water partition coefficient (Wildman–Crippen LogP) is 2.65. The maximum Gasteiger partial charge on any atom is 0.338 e. The summed E-state index contributed by atoms with van der Waals surface area (Å²) < 4.78 is 5.10. The zero-order chi connectivity index (χ0) is 12.5. The van der Waals surface area contributed by atoms with Gasteiger partial charge in [0.05, 0.1) is 12.2 Å². The lowest BCUT2D eigenvalue weighted by molar-refractivity contribution is 0.0497. The van der Waals surface area contributed by atoms with Gasteiger partial charge in [0.15, 0.2) is 0 Å². The predicted molar refractivity (Wildman–Crippen MR) is 67.8 cm³/mol. The second-order valence-corrected chi connectivity index (χ2v) is 3.75. The van der Waals surface area contributed by atoms with Crippen LogP contribution in [0.2, 0.25) is 0 Å². The van der Waals surface area contributed by atoms with Crippen LogP contribution in [0.1, 0.15) is 35.2 Å². The van der Waals surface area contributed by atoms with Crippen LogP contribution in [0.4, 0.5) is 0 Å². The Bertz CT molecular complexity index is 354. The molecule has 0 saturated carbocycles. The molecule has 0 spiro atoms. The van der Waals surface area contributed by atoms with E-state index in [4.69, 9.17) is 9.84 Å². The van der Waals surface area contributed by atoms with Crippen molar-refractivity contribution < 1.29 is 14.6 Å². The second kappa shape index (κ2) is 7.63. The molecule has 0 radical (unpaired) electrons. The lowest BCUT2D eigenvalue weighted by Gasteiger charge is -2.04. The Kier molecular flexibility index (Phi) is 6.04. The van der Waals surface area contributed by atoms with Gasteiger partial charge in [0, 0.05) is 6.61 Å². The molecular formula is C14H18O3. The Morgan fingerprint density at radius 1 is 1.24 bits per heavy atom. The van der Waals surface area contributed by atoms with E-state index in [0.717, 1.165) is 24.8 Å². The van der Waals surface area contributed by atoms with E-state index in [9.17, 15) is 4.79 Å². The minimum atomic E-state index is -0.301. The Balaban J connectivity index is 2.33. The zero-order valence-electron chi connectivity index (χ0n) is 9.89. The summed E-state index contributed by atoms with van der Waals surface area (Å²) in [6, 6.07) is 7.12. The van der Waals surface area contributed by atoms with Gasteiger partial charge >= 0.3 is 5.97 Å². The molecule has 17 heavy (non-hydrogen) atoms. The number of hydrogen-bond acceptors (Lipinski definition) is 3. The number of rotatable bonds is 7. The van der Waals surface area contributed by atoms with E-state index in [-0.39, 0.29) is 12.6 Å². The highest BCUT2D eigenvalue weighted by Gasteiger charge is 2.05. The van der Waals surface area contributed by atoms with Crippen LogP contribution in [0, 0.1) is 0 Å². The van der Waals surface area contributed by atoms with Gasteiger partial charge in [0.1, 0.15) is 0 Å². The third-order valence-electron chi connectivity index (χ3n) is 2.42. The Hall–Kier alpha value is -1.61. The molecule has 0 atom stereocenters. The molecule has 0 saturated heterocycles. The molecule has 0 aliphatic heterocycles. The molecule has 1 aromatic rings. The van der Waals surface area contributed by atoms with Crippen molar-refractivity contribution in [3.63, 3.8) is 0 Å². The zero-order valence-corrected chi connectivity index (χ0v) is 9.89. The number of aliphatic hydroxyl groups excluding tert-OH is 1. The normalized spacial score (nSPS) is 9.94. The van der Waals surface area contributed by atoms with Gasteiger partial charge in [-0.2, -0.15) is 0 Å². The molecule has 1 N–H and O–H groups in total. The molecule has 0 aliphatic carbocycles. The van der Waals surface area contributed by atoms with E-state index in [2.05, 4.69) is 6.58 Å². The fourth-order valence-corrected chi connectivity index (χ4v) is 1.39. The fraction of sp³-hybridized carbons (Fsp3) is 0.357. The van der Waals surface area contributed by atoms with Gasteiger partial charge in [0.25, 0.3) is 0 Å². The summed E-state index contributed by atoms with van der Waals surface area (Å²) in [4.78, 5) is 11.6. The lowest BCUT2D eigenvalue weighted by atomic mass is 10.1. The van der Waals surface area contributed by atoms with Gasteiger partial charge in [-0.25, -0.2) is 4.79 Å². The third kappa shape index (κ3) is 4.83. The topological polar surface area (TPSA) is 46.5 Å². The molecule has 3 heteroatoms. The molecule has 0 unspecified atom stereocenters. The molecule has 0 amide bonds. The Labute approximate surface area is 102 Å². The smallest absolute Gasteiger partial charge is 0.338 e. The monoisotopic (exact) mass is 234 g/mol. The average Bonchev–Trinajstić information content (AvgIpc) is 2.38. The molecule has 0 bridgehead atoms. The first-order chi connectivity index (χ1) is 8.27. The summed E-state index contributed by atoms with van der Waals surface area (Å²) in [5, 5.41) is 8.59. The highest BCUT2D eigenvalue weighted by molar-refractivity contribution is 5.89. The van der Waals surface area contributed by atoms with E-state index >= 15 is 0 Å². The van der Waals surface area contributed by atoms with Crippen molar-refractivity contribution in [3.8, 4) is 0 Å². The summed E-state index contributed by atoms with van der Waals surface area (Å²) in [6.45, 7) is 4.24. The SMILES string of the molecule is C=Cc1ccc(C(=O)OCCCCCO)cc1. The second-order valence-electron chi connectivity index (χ2n) is 3.75. The number of carbonyl (C=O) groups is 1. The molecule has 1 rings (SSSR count). The van der Waals surface area contributed by atoms with Crippen LogP contribution < -0.4 is 0 Å². The van der Waals surface area contributed by atoms with E-state index in [1.165, 1.54) is 0 Å². The van der Waals surface area contributed by atoms with Gasteiger partial charge in [-0.05, 0) is 37.0 Å². The first kappa shape index (κ1) is 13.5. The lowest BCUT2D eigenvalue weighted by Crippen LogP contribution is -2.06. The van der Waals surface area contributed by atoms with Crippen LogP contribution in [-0.2, 0) is 4.74 Å². The first-order valence-electron chi connectivity index (χ1n) is 5.78. The third-order valence-corrected chi connectivity index (χ3v) is 2.42. The van der Waals surface area contributed by atoms with Crippen molar-refractivity contribution in [2.45, 2.75) is 19.3 Å². The highest BCUT2D eigenvalue weighted by atomic mass is 16.5. The first-order valence-corrected chi connectivity index (χ1v) is 5.78. The average molecular weight is 234 g/mol. The quantitative estimate of drug-likeness (QED) is 0.582. The van der Waals surface area contributed by atoms with Crippen molar-refractivity contribution in [2.75, 3.05) is 13.2 Å². The number of esters is 1. The van der Waals surface area contributed by atoms with Crippen molar-refractivity contribution in [1.29, 1.82) is 0 Å². The molecule has 3 nitrogen and oxygen atoms in total. The summed E-state index contributed by atoms with van der Waals surface area (Å²) in [5.41, 5.74) is 1.53. The summed E-state index contributed by atoms with van der Waals surface area (Å²) in [5.74, 6) is -0.301. The van der Waals surface area contributed by atoms with Gasteiger partial charge in [-0.3, -0.25) is 0 Å². The number of carbonyl (C=O) groups excluding carboxylic acids is 1. The molecule has 0 aromatic heterocycles. The van der Waals surface area contributed by atoms with E-state index in [1.807, 2.05) is 12.1 Å². The van der Waals surface area contributed by atoms with Crippen LogP contribution in [0.15, 0.2) is 30.8 Å².